The first-order valence-electron chi connectivity index (χ1n) is 8.21. The van der Waals surface area contributed by atoms with Gasteiger partial charge in [0.1, 0.15) is 5.76 Å². The largest absolute Gasteiger partial charge is 0.440 e. The second-order valence-electron chi connectivity index (χ2n) is 6.63. The maximum atomic E-state index is 12.5. The van der Waals surface area contributed by atoms with Crippen molar-refractivity contribution in [3.8, 4) is 11.5 Å². The lowest BCUT2D eigenvalue weighted by molar-refractivity contribution is -0.0301. The van der Waals surface area contributed by atoms with E-state index in [4.69, 9.17) is 4.42 Å². The highest BCUT2D eigenvalue weighted by molar-refractivity contribution is 5.94. The van der Waals surface area contributed by atoms with E-state index in [0.717, 1.165) is 37.7 Å². The maximum Gasteiger partial charge on any atom is 0.273 e. The standard InChI is InChI=1S/C18H20N2O3/c21-16(19-11-18(22)9-4-10-18)14-15(12-7-8-12)23-17(20-14)13-5-2-1-3-6-13/h1-3,5-6,12,22H,4,7-11H2,(H,19,21). The second-order valence-corrected chi connectivity index (χ2v) is 6.63. The first-order chi connectivity index (χ1) is 11.1. The van der Waals surface area contributed by atoms with Crippen LogP contribution >= 0.6 is 0 Å². The minimum atomic E-state index is -0.735. The molecule has 1 amide bonds. The van der Waals surface area contributed by atoms with Crippen molar-refractivity contribution in [2.75, 3.05) is 6.54 Å². The van der Waals surface area contributed by atoms with Gasteiger partial charge in [0.05, 0.1) is 5.60 Å². The summed E-state index contributed by atoms with van der Waals surface area (Å²) in [5, 5.41) is 12.9. The minimum absolute atomic E-state index is 0.252. The van der Waals surface area contributed by atoms with Crippen LogP contribution in [-0.2, 0) is 0 Å². The topological polar surface area (TPSA) is 75.4 Å². The highest BCUT2D eigenvalue weighted by Crippen LogP contribution is 2.43. The van der Waals surface area contributed by atoms with Gasteiger partial charge < -0.3 is 14.8 Å². The number of hydrogen-bond donors (Lipinski definition) is 2. The van der Waals surface area contributed by atoms with Crippen molar-refractivity contribution in [3.63, 3.8) is 0 Å². The summed E-state index contributed by atoms with van der Waals surface area (Å²) in [5.41, 5.74) is 0.502. The zero-order valence-electron chi connectivity index (χ0n) is 12.9. The molecule has 0 bridgehead atoms. The smallest absolute Gasteiger partial charge is 0.273 e. The van der Waals surface area contributed by atoms with Crippen LogP contribution < -0.4 is 5.32 Å². The molecular formula is C18H20N2O3. The summed E-state index contributed by atoms with van der Waals surface area (Å²) in [6, 6.07) is 9.61. The highest BCUT2D eigenvalue weighted by Gasteiger charge is 2.37. The van der Waals surface area contributed by atoms with Gasteiger partial charge in [0.2, 0.25) is 5.89 Å². The Balaban J connectivity index is 1.57. The van der Waals surface area contributed by atoms with Crippen LogP contribution in [0.4, 0.5) is 0 Å². The molecule has 1 heterocycles. The molecule has 2 aliphatic carbocycles. The van der Waals surface area contributed by atoms with Crippen molar-refractivity contribution in [2.45, 2.75) is 43.6 Å². The first kappa shape index (κ1) is 14.5. The average molecular weight is 312 g/mol. The van der Waals surface area contributed by atoms with Crippen LogP contribution in [0.5, 0.6) is 0 Å². The number of hydrogen-bond acceptors (Lipinski definition) is 4. The van der Waals surface area contributed by atoms with E-state index in [1.807, 2.05) is 30.3 Å². The average Bonchev–Trinajstić information content (AvgIpc) is 3.30. The zero-order valence-corrected chi connectivity index (χ0v) is 12.9. The minimum Gasteiger partial charge on any atom is -0.440 e. The Morgan fingerprint density at radius 2 is 2.04 bits per heavy atom. The van der Waals surface area contributed by atoms with Gasteiger partial charge in [-0.1, -0.05) is 18.2 Å². The van der Waals surface area contributed by atoms with Crippen molar-refractivity contribution >= 4 is 5.91 Å². The van der Waals surface area contributed by atoms with Crippen molar-refractivity contribution in [1.29, 1.82) is 0 Å². The Kier molecular flexibility index (Phi) is 3.45. The molecule has 2 aliphatic rings. The van der Waals surface area contributed by atoms with Gasteiger partial charge in [0.25, 0.3) is 5.91 Å². The number of carbonyl (C=O) groups is 1. The van der Waals surface area contributed by atoms with Crippen LogP contribution in [0.2, 0.25) is 0 Å². The molecule has 4 rings (SSSR count). The number of nitrogens with zero attached hydrogens (tertiary/aromatic N) is 1. The lowest BCUT2D eigenvalue weighted by atomic mass is 9.80. The van der Waals surface area contributed by atoms with E-state index in [0.29, 0.717) is 23.3 Å². The number of rotatable bonds is 5. The van der Waals surface area contributed by atoms with Gasteiger partial charge in [-0.15, -0.1) is 0 Å². The fraction of sp³-hybridized carbons (Fsp3) is 0.444. The summed E-state index contributed by atoms with van der Waals surface area (Å²) in [4.78, 5) is 16.9. The zero-order chi connectivity index (χ0) is 15.9. The SMILES string of the molecule is O=C(NCC1(O)CCC1)c1nc(-c2ccccc2)oc1C1CC1. The highest BCUT2D eigenvalue weighted by atomic mass is 16.4. The van der Waals surface area contributed by atoms with E-state index >= 15 is 0 Å². The molecule has 0 aliphatic heterocycles. The number of nitrogens with one attached hydrogen (secondary N) is 1. The lowest BCUT2D eigenvalue weighted by Crippen LogP contribution is -2.47. The number of carbonyl (C=O) groups excluding carboxylic acids is 1. The Morgan fingerprint density at radius 3 is 2.65 bits per heavy atom. The van der Waals surface area contributed by atoms with E-state index < -0.39 is 5.60 Å². The summed E-state index contributed by atoms with van der Waals surface area (Å²) in [5.74, 6) is 1.22. The van der Waals surface area contributed by atoms with Crippen molar-refractivity contribution in [3.05, 3.63) is 41.8 Å². The van der Waals surface area contributed by atoms with Crippen molar-refractivity contribution < 1.29 is 14.3 Å². The normalized spacial score (nSPS) is 19.2. The molecule has 5 heteroatoms. The van der Waals surface area contributed by atoms with Gasteiger partial charge in [0.15, 0.2) is 5.69 Å². The Labute approximate surface area is 134 Å². The Hall–Kier alpha value is -2.14. The molecule has 1 aromatic heterocycles. The molecular weight excluding hydrogens is 292 g/mol. The number of aromatic nitrogens is 1. The van der Waals surface area contributed by atoms with Gasteiger partial charge in [-0.05, 0) is 44.2 Å². The summed E-state index contributed by atoms with van der Waals surface area (Å²) >= 11 is 0. The van der Waals surface area contributed by atoms with Crippen LogP contribution in [0.1, 0.15) is 54.3 Å². The number of oxazole rings is 1. The molecule has 23 heavy (non-hydrogen) atoms. The van der Waals surface area contributed by atoms with Crippen LogP contribution in [0.15, 0.2) is 34.7 Å². The van der Waals surface area contributed by atoms with E-state index in [9.17, 15) is 9.90 Å². The molecule has 0 spiro atoms. The van der Waals surface area contributed by atoms with Crippen LogP contribution in [-0.4, -0.2) is 28.1 Å². The quantitative estimate of drug-likeness (QED) is 0.890. The van der Waals surface area contributed by atoms with Crippen LogP contribution in [0, 0.1) is 0 Å². The van der Waals surface area contributed by atoms with E-state index in [1.165, 1.54) is 0 Å². The molecule has 0 unspecified atom stereocenters. The van der Waals surface area contributed by atoms with Crippen molar-refractivity contribution in [2.24, 2.45) is 0 Å². The molecule has 5 nitrogen and oxygen atoms in total. The molecule has 0 saturated heterocycles. The third-order valence-electron chi connectivity index (χ3n) is 4.70. The number of aliphatic hydroxyl groups is 1. The molecule has 0 atom stereocenters. The number of benzene rings is 1. The molecule has 1 aromatic carbocycles. The maximum absolute atomic E-state index is 12.5. The van der Waals surface area contributed by atoms with Crippen LogP contribution in [0.3, 0.4) is 0 Å². The molecule has 2 N–H and O–H groups in total. The van der Waals surface area contributed by atoms with Gasteiger partial charge in [-0.25, -0.2) is 4.98 Å². The van der Waals surface area contributed by atoms with Crippen LogP contribution in [0.25, 0.3) is 11.5 Å². The van der Waals surface area contributed by atoms with Gasteiger partial charge in [-0.3, -0.25) is 4.79 Å². The predicted molar refractivity (Wildman–Crippen MR) is 85.0 cm³/mol. The van der Waals surface area contributed by atoms with E-state index in [2.05, 4.69) is 10.3 Å². The van der Waals surface area contributed by atoms with E-state index in [1.54, 1.807) is 0 Å². The third-order valence-corrected chi connectivity index (χ3v) is 4.70. The van der Waals surface area contributed by atoms with Crippen molar-refractivity contribution in [1.82, 2.24) is 10.3 Å². The molecule has 0 radical (unpaired) electrons. The summed E-state index contributed by atoms with van der Waals surface area (Å²) in [6.07, 6.45) is 4.58. The molecule has 2 fully saturated rings. The Bertz CT molecular complexity index is 715. The second kappa shape index (κ2) is 5.49. The molecule has 2 aromatic rings. The Morgan fingerprint density at radius 1 is 1.30 bits per heavy atom. The summed E-state index contributed by atoms with van der Waals surface area (Å²) in [6.45, 7) is 0.281. The number of amides is 1. The predicted octanol–water partition coefficient (Wildman–Crippen LogP) is 2.86. The van der Waals surface area contributed by atoms with Gasteiger partial charge >= 0.3 is 0 Å². The molecule has 2 saturated carbocycles. The van der Waals surface area contributed by atoms with E-state index in [-0.39, 0.29) is 12.5 Å². The summed E-state index contributed by atoms with van der Waals surface area (Å²) in [7, 11) is 0. The van der Waals surface area contributed by atoms with Gasteiger partial charge in [-0.2, -0.15) is 0 Å². The molecule has 120 valence electrons. The first-order valence-corrected chi connectivity index (χ1v) is 8.21. The lowest BCUT2D eigenvalue weighted by Gasteiger charge is -2.36. The fourth-order valence-corrected chi connectivity index (χ4v) is 2.91. The van der Waals surface area contributed by atoms with Gasteiger partial charge in [0, 0.05) is 18.0 Å². The summed E-state index contributed by atoms with van der Waals surface area (Å²) < 4.78 is 5.88. The monoisotopic (exact) mass is 312 g/mol. The third kappa shape index (κ3) is 2.88. The fourth-order valence-electron chi connectivity index (χ4n) is 2.91.